The van der Waals surface area contributed by atoms with E-state index in [0.717, 1.165) is 19.3 Å². The zero-order valence-electron chi connectivity index (χ0n) is 14.3. The molecule has 2 aliphatic rings. The molecule has 0 saturated carbocycles. The predicted octanol–water partition coefficient (Wildman–Crippen LogP) is 3.19. The molecule has 0 aliphatic carbocycles. The molecule has 0 N–H and O–H groups in total. The second-order valence-electron chi connectivity index (χ2n) is 6.34. The lowest BCUT2D eigenvalue weighted by molar-refractivity contribution is -0.234. The molecule has 2 saturated heterocycles. The number of halogens is 1. The molecule has 3 rings (SSSR count). The van der Waals surface area contributed by atoms with Gasteiger partial charge in [0.25, 0.3) is 0 Å². The fraction of sp³-hybridized carbons (Fsp3) is 0.765. The highest BCUT2D eigenvalue weighted by Crippen LogP contribution is 2.41. The van der Waals surface area contributed by atoms with Crippen molar-refractivity contribution in [1.82, 2.24) is 0 Å². The van der Waals surface area contributed by atoms with Gasteiger partial charge in [-0.15, -0.1) is 0 Å². The Hall–Kier alpha value is -1.15. The van der Waals surface area contributed by atoms with Crippen molar-refractivity contribution in [2.45, 2.75) is 70.1 Å². The monoisotopic (exact) mass is 344 g/mol. The number of hydrogen-bond donors (Lipinski definition) is 0. The van der Waals surface area contributed by atoms with Crippen LogP contribution in [0.4, 0.5) is 4.39 Å². The topological polar surface area (TPSA) is 59.3 Å². The highest BCUT2D eigenvalue weighted by Gasteiger charge is 2.56. The molecular formula is C17H25FO6. The molecule has 2 fully saturated rings. The average molecular weight is 344 g/mol. The van der Waals surface area contributed by atoms with Crippen molar-refractivity contribution < 1.29 is 32.5 Å². The van der Waals surface area contributed by atoms with E-state index in [0.29, 0.717) is 11.5 Å². The van der Waals surface area contributed by atoms with Gasteiger partial charge in [-0.05, 0) is 13.3 Å². The van der Waals surface area contributed by atoms with Crippen molar-refractivity contribution in [2.75, 3.05) is 13.8 Å². The molecule has 1 aromatic rings. The highest BCUT2D eigenvalue weighted by molar-refractivity contribution is 5.23. The van der Waals surface area contributed by atoms with Gasteiger partial charge in [-0.1, -0.05) is 19.8 Å². The lowest BCUT2D eigenvalue weighted by Gasteiger charge is -2.26. The Morgan fingerprint density at radius 1 is 1.33 bits per heavy atom. The summed E-state index contributed by atoms with van der Waals surface area (Å²) in [5.41, 5.74) is 0. The summed E-state index contributed by atoms with van der Waals surface area (Å²) in [5, 5.41) is 0. The maximum Gasteiger partial charge on any atom is 0.197 e. The lowest BCUT2D eigenvalue weighted by atomic mass is 10.1. The van der Waals surface area contributed by atoms with Crippen LogP contribution < -0.4 is 4.74 Å². The van der Waals surface area contributed by atoms with Gasteiger partial charge < -0.3 is 28.1 Å². The molecule has 5 atom stereocenters. The summed E-state index contributed by atoms with van der Waals surface area (Å²) in [6.07, 6.45) is 2.91. The molecule has 0 aromatic carbocycles. The minimum absolute atomic E-state index is 0.148. The van der Waals surface area contributed by atoms with E-state index in [1.807, 2.05) is 0 Å². The fourth-order valence-corrected chi connectivity index (χ4v) is 3.16. The Labute approximate surface area is 141 Å². The summed E-state index contributed by atoms with van der Waals surface area (Å²) in [6, 6.07) is 1.73. The molecule has 1 unspecified atom stereocenters. The van der Waals surface area contributed by atoms with Crippen LogP contribution in [0, 0.1) is 0 Å². The van der Waals surface area contributed by atoms with Crippen molar-refractivity contribution in [3.8, 4) is 5.75 Å². The van der Waals surface area contributed by atoms with Gasteiger partial charge >= 0.3 is 0 Å². The molecule has 1 aromatic heterocycles. The minimum Gasteiger partial charge on any atom is -0.493 e. The van der Waals surface area contributed by atoms with E-state index in [9.17, 15) is 4.39 Å². The Balaban J connectivity index is 1.68. The maximum atomic E-state index is 13.1. The Kier molecular flexibility index (Phi) is 5.44. The van der Waals surface area contributed by atoms with E-state index < -0.39 is 24.9 Å². The largest absolute Gasteiger partial charge is 0.493 e. The third-order valence-corrected chi connectivity index (χ3v) is 4.43. The number of hydrogen-bond acceptors (Lipinski definition) is 6. The third-order valence-electron chi connectivity index (χ3n) is 4.43. The Bertz CT molecular complexity index is 535. The summed E-state index contributed by atoms with van der Waals surface area (Å²) < 4.78 is 47.1. The molecule has 0 bridgehead atoms. The Morgan fingerprint density at radius 3 is 2.88 bits per heavy atom. The van der Waals surface area contributed by atoms with Crippen LogP contribution in [0.5, 0.6) is 5.75 Å². The van der Waals surface area contributed by atoms with Crippen LogP contribution in [0.25, 0.3) is 0 Å². The molecule has 136 valence electrons. The van der Waals surface area contributed by atoms with Gasteiger partial charge in [-0.3, -0.25) is 0 Å². The molecule has 3 heterocycles. The van der Waals surface area contributed by atoms with Crippen LogP contribution in [0.15, 0.2) is 16.7 Å². The highest BCUT2D eigenvalue weighted by atomic mass is 19.1. The molecule has 7 heteroatoms. The molecule has 6 nitrogen and oxygen atoms in total. The maximum absolute atomic E-state index is 13.1. The molecule has 2 aliphatic heterocycles. The number of ether oxygens (including phenoxy) is 5. The Morgan fingerprint density at radius 2 is 2.17 bits per heavy atom. The molecular weight excluding hydrogens is 319 g/mol. The normalized spacial score (nSPS) is 35.3. The molecule has 0 spiro atoms. The standard InChI is InChI=1S/C17H25FO6/c1-4-5-6-12-14(21-9-13-11(19-3)7-8-20-13)15-16(22-12)24-17(2,10-18)23-15/h7-8,12,14-16H,4-6,9-10H2,1-3H3/t12-,14+,15-,16-,17?/m1/s1. The van der Waals surface area contributed by atoms with Crippen LogP contribution in [-0.4, -0.2) is 44.2 Å². The van der Waals surface area contributed by atoms with E-state index in [1.165, 1.54) is 0 Å². The number of fused-ring (bicyclic) bond motifs is 1. The van der Waals surface area contributed by atoms with Crippen LogP contribution >= 0.6 is 0 Å². The first-order chi connectivity index (χ1) is 11.6. The summed E-state index contributed by atoms with van der Waals surface area (Å²) in [5.74, 6) is -0.0372. The van der Waals surface area contributed by atoms with Gasteiger partial charge in [-0.25, -0.2) is 4.39 Å². The number of alkyl halides is 1. The van der Waals surface area contributed by atoms with Crippen LogP contribution in [-0.2, 0) is 25.6 Å². The van der Waals surface area contributed by atoms with Gasteiger partial charge in [0.15, 0.2) is 23.6 Å². The summed E-state index contributed by atoms with van der Waals surface area (Å²) in [4.78, 5) is 0. The van der Waals surface area contributed by atoms with Crippen LogP contribution in [0.1, 0.15) is 38.9 Å². The average Bonchev–Trinajstić information content (AvgIpc) is 3.24. The van der Waals surface area contributed by atoms with E-state index in [1.54, 1.807) is 26.4 Å². The van der Waals surface area contributed by atoms with E-state index in [4.69, 9.17) is 28.1 Å². The number of unbranched alkanes of at least 4 members (excludes halogenated alkanes) is 1. The second-order valence-corrected chi connectivity index (χ2v) is 6.34. The van der Waals surface area contributed by atoms with Crippen LogP contribution in [0.2, 0.25) is 0 Å². The van der Waals surface area contributed by atoms with Crippen molar-refractivity contribution >= 4 is 0 Å². The third kappa shape index (κ3) is 3.44. The number of methoxy groups -OCH3 is 1. The van der Waals surface area contributed by atoms with Crippen molar-refractivity contribution in [3.05, 3.63) is 18.1 Å². The predicted molar refractivity (Wildman–Crippen MR) is 82.4 cm³/mol. The second kappa shape index (κ2) is 7.39. The number of rotatable bonds is 8. The zero-order valence-corrected chi connectivity index (χ0v) is 14.3. The van der Waals surface area contributed by atoms with Gasteiger partial charge in [0.1, 0.15) is 25.5 Å². The van der Waals surface area contributed by atoms with Gasteiger partial charge in [-0.2, -0.15) is 0 Å². The van der Waals surface area contributed by atoms with E-state index >= 15 is 0 Å². The quantitative estimate of drug-likeness (QED) is 0.722. The van der Waals surface area contributed by atoms with E-state index in [-0.39, 0.29) is 18.8 Å². The fourth-order valence-electron chi connectivity index (χ4n) is 3.16. The van der Waals surface area contributed by atoms with Crippen molar-refractivity contribution in [3.63, 3.8) is 0 Å². The minimum atomic E-state index is -1.27. The van der Waals surface area contributed by atoms with Crippen molar-refractivity contribution in [1.29, 1.82) is 0 Å². The molecule has 0 amide bonds. The molecule has 0 radical (unpaired) electrons. The summed E-state index contributed by atoms with van der Waals surface area (Å²) in [7, 11) is 1.58. The van der Waals surface area contributed by atoms with Gasteiger partial charge in [0.05, 0.1) is 19.5 Å². The first kappa shape index (κ1) is 17.7. The smallest absolute Gasteiger partial charge is 0.197 e. The van der Waals surface area contributed by atoms with Crippen molar-refractivity contribution in [2.24, 2.45) is 0 Å². The first-order valence-corrected chi connectivity index (χ1v) is 8.39. The zero-order chi connectivity index (χ0) is 17.2. The van der Waals surface area contributed by atoms with E-state index in [2.05, 4.69) is 6.92 Å². The molecule has 24 heavy (non-hydrogen) atoms. The lowest BCUT2D eigenvalue weighted by Crippen LogP contribution is -2.38. The number of furan rings is 1. The first-order valence-electron chi connectivity index (χ1n) is 8.39. The summed E-state index contributed by atoms with van der Waals surface area (Å²) in [6.45, 7) is 3.18. The van der Waals surface area contributed by atoms with Gasteiger partial charge in [0, 0.05) is 6.07 Å². The van der Waals surface area contributed by atoms with Crippen LogP contribution in [0.3, 0.4) is 0 Å². The summed E-state index contributed by atoms with van der Waals surface area (Å²) >= 11 is 0. The van der Waals surface area contributed by atoms with Gasteiger partial charge in [0.2, 0.25) is 0 Å². The SMILES string of the molecule is CCCC[C@H]1O[C@@H]2OC(C)(CF)O[C@@H]2[C@H]1OCc1occc1OC.